The first kappa shape index (κ1) is 11.5. The molecule has 1 aromatic rings. The van der Waals surface area contributed by atoms with Crippen molar-refractivity contribution >= 4 is 11.6 Å². The van der Waals surface area contributed by atoms with Gasteiger partial charge in [0, 0.05) is 11.1 Å². The fourth-order valence-electron chi connectivity index (χ4n) is 1.46. The van der Waals surface area contributed by atoms with Gasteiger partial charge in [-0.1, -0.05) is 37.1 Å². The summed E-state index contributed by atoms with van der Waals surface area (Å²) >= 11 is 6.05. The summed E-state index contributed by atoms with van der Waals surface area (Å²) in [6, 6.07) is 6.29. The van der Waals surface area contributed by atoms with Gasteiger partial charge in [0.1, 0.15) is 0 Å². The summed E-state index contributed by atoms with van der Waals surface area (Å²) in [5, 5.41) is 0.804. The minimum atomic E-state index is 0.207. The normalized spacial score (nSPS) is 12.9. The van der Waals surface area contributed by atoms with E-state index in [1.54, 1.807) is 0 Å². The molecule has 1 atom stereocenters. The molecule has 1 rings (SSSR count). The number of hydrogen-bond acceptors (Lipinski definition) is 2. The van der Waals surface area contributed by atoms with E-state index in [4.69, 9.17) is 17.4 Å². The lowest BCUT2D eigenvalue weighted by Gasteiger charge is -2.16. The highest BCUT2D eigenvalue weighted by atomic mass is 35.5. The molecule has 0 aliphatic rings. The molecule has 78 valence electrons. The Morgan fingerprint density at radius 3 is 2.71 bits per heavy atom. The molecule has 3 heteroatoms. The maximum Gasteiger partial charge on any atom is 0.0460 e. The van der Waals surface area contributed by atoms with E-state index in [1.165, 1.54) is 0 Å². The van der Waals surface area contributed by atoms with Gasteiger partial charge < -0.3 is 0 Å². The molecular formula is C11H17ClN2. The van der Waals surface area contributed by atoms with E-state index in [2.05, 4.69) is 18.4 Å². The van der Waals surface area contributed by atoms with Crippen molar-refractivity contribution in [3.05, 3.63) is 34.3 Å². The van der Waals surface area contributed by atoms with Crippen LogP contribution in [0.5, 0.6) is 0 Å². The van der Waals surface area contributed by atoms with Crippen molar-refractivity contribution in [3.8, 4) is 0 Å². The molecule has 0 saturated carbocycles. The molecule has 0 radical (unpaired) electrons. The molecule has 0 aromatic heterocycles. The minimum absolute atomic E-state index is 0.207. The number of nitrogens with one attached hydrogen (secondary N) is 1. The molecule has 0 amide bonds. The van der Waals surface area contributed by atoms with Gasteiger partial charge in [-0.25, -0.2) is 0 Å². The van der Waals surface area contributed by atoms with Crippen molar-refractivity contribution in [2.45, 2.75) is 32.7 Å². The van der Waals surface area contributed by atoms with Crippen LogP contribution in [0.4, 0.5) is 0 Å². The Bertz CT molecular complexity index is 299. The zero-order chi connectivity index (χ0) is 10.6. The Hall–Kier alpha value is -0.570. The predicted octanol–water partition coefficient (Wildman–Crippen LogP) is 2.95. The van der Waals surface area contributed by atoms with Crippen LogP contribution < -0.4 is 11.3 Å². The molecule has 0 saturated heterocycles. The van der Waals surface area contributed by atoms with Crippen LogP contribution in [-0.4, -0.2) is 0 Å². The van der Waals surface area contributed by atoms with Crippen LogP contribution in [0.1, 0.15) is 36.9 Å². The number of aryl methyl sites for hydroxylation is 1. The summed E-state index contributed by atoms with van der Waals surface area (Å²) in [5.74, 6) is 5.49. The van der Waals surface area contributed by atoms with Gasteiger partial charge in [-0.3, -0.25) is 11.3 Å². The number of benzene rings is 1. The molecule has 0 bridgehead atoms. The number of hydrazine groups is 1. The third-order valence-corrected chi connectivity index (χ3v) is 2.78. The molecule has 1 unspecified atom stereocenters. The highest BCUT2D eigenvalue weighted by Crippen LogP contribution is 2.23. The van der Waals surface area contributed by atoms with Gasteiger partial charge in [0.05, 0.1) is 0 Å². The first-order valence-electron chi connectivity index (χ1n) is 4.91. The number of halogens is 1. The van der Waals surface area contributed by atoms with E-state index in [0.717, 1.165) is 29.0 Å². The van der Waals surface area contributed by atoms with E-state index >= 15 is 0 Å². The Morgan fingerprint density at radius 1 is 1.50 bits per heavy atom. The Labute approximate surface area is 90.4 Å². The fraction of sp³-hybridized carbons (Fsp3) is 0.455. The van der Waals surface area contributed by atoms with Crippen molar-refractivity contribution in [3.63, 3.8) is 0 Å². The second kappa shape index (κ2) is 5.35. The van der Waals surface area contributed by atoms with E-state index in [-0.39, 0.29) is 6.04 Å². The molecule has 0 heterocycles. The van der Waals surface area contributed by atoms with Crippen molar-refractivity contribution in [2.24, 2.45) is 5.84 Å². The van der Waals surface area contributed by atoms with Gasteiger partial charge in [-0.15, -0.1) is 0 Å². The molecule has 0 aliphatic heterocycles. The summed E-state index contributed by atoms with van der Waals surface area (Å²) < 4.78 is 0. The average Bonchev–Trinajstić information content (AvgIpc) is 2.19. The second-order valence-electron chi connectivity index (χ2n) is 3.52. The molecule has 1 aromatic carbocycles. The summed E-state index contributed by atoms with van der Waals surface area (Å²) in [6.07, 6.45) is 2.12. The van der Waals surface area contributed by atoms with Crippen molar-refractivity contribution in [1.82, 2.24) is 5.43 Å². The second-order valence-corrected chi connectivity index (χ2v) is 3.92. The van der Waals surface area contributed by atoms with E-state index in [1.807, 2.05) is 19.1 Å². The van der Waals surface area contributed by atoms with Crippen LogP contribution in [0.2, 0.25) is 5.02 Å². The van der Waals surface area contributed by atoms with Gasteiger partial charge in [-0.2, -0.15) is 0 Å². The molecule has 14 heavy (non-hydrogen) atoms. The maximum atomic E-state index is 6.05. The molecular weight excluding hydrogens is 196 g/mol. The summed E-state index contributed by atoms with van der Waals surface area (Å²) in [5.41, 5.74) is 5.06. The van der Waals surface area contributed by atoms with Gasteiger partial charge in [0.15, 0.2) is 0 Å². The highest BCUT2D eigenvalue weighted by Gasteiger charge is 2.09. The van der Waals surface area contributed by atoms with Crippen molar-refractivity contribution < 1.29 is 0 Å². The van der Waals surface area contributed by atoms with E-state index in [0.29, 0.717) is 0 Å². The quantitative estimate of drug-likeness (QED) is 0.595. The van der Waals surface area contributed by atoms with Gasteiger partial charge >= 0.3 is 0 Å². The Morgan fingerprint density at radius 2 is 2.21 bits per heavy atom. The number of nitrogens with two attached hydrogens (primary N) is 1. The Kier molecular flexibility index (Phi) is 4.39. The van der Waals surface area contributed by atoms with Gasteiger partial charge in [0.2, 0.25) is 0 Å². The largest absolute Gasteiger partial charge is 0.271 e. The lowest BCUT2D eigenvalue weighted by atomic mass is 10.0. The van der Waals surface area contributed by atoms with Crippen LogP contribution >= 0.6 is 11.6 Å². The van der Waals surface area contributed by atoms with Crippen molar-refractivity contribution in [2.75, 3.05) is 0 Å². The molecule has 3 N–H and O–H groups in total. The summed E-state index contributed by atoms with van der Waals surface area (Å²) in [4.78, 5) is 0. The van der Waals surface area contributed by atoms with Gasteiger partial charge in [-0.05, 0) is 30.5 Å². The van der Waals surface area contributed by atoms with Crippen LogP contribution in [0.25, 0.3) is 0 Å². The molecule has 0 aliphatic carbocycles. The van der Waals surface area contributed by atoms with Crippen LogP contribution in [0, 0.1) is 6.92 Å². The van der Waals surface area contributed by atoms with Crippen LogP contribution in [0.3, 0.4) is 0 Å². The number of rotatable bonds is 4. The molecule has 2 nitrogen and oxygen atoms in total. The van der Waals surface area contributed by atoms with Crippen LogP contribution in [-0.2, 0) is 0 Å². The third kappa shape index (κ3) is 2.71. The van der Waals surface area contributed by atoms with Gasteiger partial charge in [0.25, 0.3) is 0 Å². The molecule has 0 fully saturated rings. The van der Waals surface area contributed by atoms with E-state index < -0.39 is 0 Å². The maximum absolute atomic E-state index is 6.05. The molecule has 0 spiro atoms. The monoisotopic (exact) mass is 212 g/mol. The minimum Gasteiger partial charge on any atom is -0.271 e. The SMILES string of the molecule is CCCC(NN)c1ccc(C)c(Cl)c1. The standard InChI is InChI=1S/C11H17ClN2/c1-3-4-11(14-13)9-6-5-8(2)10(12)7-9/h5-7,11,14H,3-4,13H2,1-2H3. The smallest absolute Gasteiger partial charge is 0.0460 e. The lowest BCUT2D eigenvalue weighted by Crippen LogP contribution is -2.27. The number of hydrogen-bond donors (Lipinski definition) is 2. The fourth-order valence-corrected chi connectivity index (χ4v) is 1.65. The lowest BCUT2D eigenvalue weighted by molar-refractivity contribution is 0.510. The first-order valence-corrected chi connectivity index (χ1v) is 5.29. The first-order chi connectivity index (χ1) is 6.69. The summed E-state index contributed by atoms with van der Waals surface area (Å²) in [7, 11) is 0. The third-order valence-electron chi connectivity index (χ3n) is 2.38. The highest BCUT2D eigenvalue weighted by molar-refractivity contribution is 6.31. The topological polar surface area (TPSA) is 38.0 Å². The Balaban J connectivity index is 2.88. The van der Waals surface area contributed by atoms with E-state index in [9.17, 15) is 0 Å². The zero-order valence-electron chi connectivity index (χ0n) is 8.68. The zero-order valence-corrected chi connectivity index (χ0v) is 9.43. The van der Waals surface area contributed by atoms with Crippen LogP contribution in [0.15, 0.2) is 18.2 Å². The predicted molar refractivity (Wildman–Crippen MR) is 61.2 cm³/mol. The summed E-state index contributed by atoms with van der Waals surface area (Å²) in [6.45, 7) is 4.14. The average molecular weight is 213 g/mol. The van der Waals surface area contributed by atoms with Crippen molar-refractivity contribution in [1.29, 1.82) is 0 Å².